The zero-order valence-corrected chi connectivity index (χ0v) is 20.3. The Hall–Kier alpha value is -2.17. The molecule has 1 rings (SSSR count). The van der Waals surface area contributed by atoms with Crippen molar-refractivity contribution in [3.63, 3.8) is 0 Å². The number of rotatable bonds is 15. The van der Waals surface area contributed by atoms with E-state index >= 15 is 4.39 Å². The number of amides is 1. The zero-order valence-electron chi connectivity index (χ0n) is 20.3. The number of amidine groups is 1. The number of carbonyl (C=O) groups excluding carboxylic acids is 1. The summed E-state index contributed by atoms with van der Waals surface area (Å²) in [5.41, 5.74) is 2.02. The first kappa shape index (κ1) is 26.9. The first-order valence-corrected chi connectivity index (χ1v) is 12.0. The third-order valence-corrected chi connectivity index (χ3v) is 5.57. The molecular formula is C26H42FN3O. The van der Waals surface area contributed by atoms with Crippen LogP contribution in [0.2, 0.25) is 0 Å². The van der Waals surface area contributed by atoms with E-state index in [-0.39, 0.29) is 5.82 Å². The molecule has 1 amide bonds. The maximum absolute atomic E-state index is 15.2. The summed E-state index contributed by atoms with van der Waals surface area (Å²) in [5.74, 6) is 0.248. The van der Waals surface area contributed by atoms with Gasteiger partial charge in [-0.25, -0.2) is 9.38 Å². The molecule has 0 N–H and O–H groups in total. The average molecular weight is 432 g/mol. The molecule has 0 aliphatic carbocycles. The molecule has 174 valence electrons. The number of unbranched alkanes of at least 4 members (excludes halogenated alkanes) is 6. The molecule has 0 saturated carbocycles. The molecule has 0 aliphatic heterocycles. The second-order valence-electron chi connectivity index (χ2n) is 8.01. The molecule has 4 nitrogen and oxygen atoms in total. The van der Waals surface area contributed by atoms with Crippen LogP contribution in [0.3, 0.4) is 0 Å². The monoisotopic (exact) mass is 431 g/mol. The van der Waals surface area contributed by atoms with Crippen molar-refractivity contribution in [2.24, 2.45) is 4.99 Å². The lowest BCUT2D eigenvalue weighted by Crippen LogP contribution is -2.29. The smallest absolute Gasteiger partial charge is 0.219 e. The van der Waals surface area contributed by atoms with E-state index in [2.05, 4.69) is 23.7 Å². The quantitative estimate of drug-likeness (QED) is 0.125. The van der Waals surface area contributed by atoms with Crippen molar-refractivity contribution in [3.8, 4) is 0 Å². The van der Waals surface area contributed by atoms with Crippen molar-refractivity contribution >= 4 is 23.6 Å². The molecule has 0 spiro atoms. The van der Waals surface area contributed by atoms with Crippen molar-refractivity contribution in [1.29, 1.82) is 0 Å². The van der Waals surface area contributed by atoms with Gasteiger partial charge in [-0.3, -0.25) is 9.69 Å². The molecule has 0 unspecified atom stereocenters. The molecule has 0 bridgehead atoms. The van der Waals surface area contributed by atoms with Crippen LogP contribution in [-0.4, -0.2) is 25.3 Å². The molecule has 0 radical (unpaired) electrons. The fourth-order valence-corrected chi connectivity index (χ4v) is 3.65. The van der Waals surface area contributed by atoms with E-state index < -0.39 is 0 Å². The molecule has 1 aromatic rings. The van der Waals surface area contributed by atoms with Crippen LogP contribution in [0, 0.1) is 5.82 Å². The Morgan fingerprint density at radius 1 is 1.00 bits per heavy atom. The van der Waals surface area contributed by atoms with Gasteiger partial charge in [0.2, 0.25) is 6.41 Å². The lowest BCUT2D eigenvalue weighted by molar-refractivity contribution is -0.106. The van der Waals surface area contributed by atoms with Crippen LogP contribution in [0.15, 0.2) is 35.0 Å². The minimum atomic E-state index is -0.287. The maximum Gasteiger partial charge on any atom is 0.219 e. The predicted octanol–water partition coefficient (Wildman–Crippen LogP) is 7.49. The minimum absolute atomic E-state index is 0.287. The Labute approximate surface area is 189 Å². The number of aliphatic imine (C=N–C) groups is 1. The Balaban J connectivity index is 3.05. The fraction of sp³-hybridized carbons (Fsp3) is 0.615. The second-order valence-corrected chi connectivity index (χ2v) is 8.01. The van der Waals surface area contributed by atoms with Crippen LogP contribution < -0.4 is 9.80 Å². The van der Waals surface area contributed by atoms with Crippen molar-refractivity contribution in [2.45, 2.75) is 92.4 Å². The number of hydrogen-bond acceptors (Lipinski definition) is 3. The zero-order chi connectivity index (χ0) is 23.1. The van der Waals surface area contributed by atoms with E-state index in [1.54, 1.807) is 6.92 Å². The number of halogens is 1. The Morgan fingerprint density at radius 2 is 1.61 bits per heavy atom. The first-order valence-electron chi connectivity index (χ1n) is 12.0. The molecule has 1 aromatic carbocycles. The summed E-state index contributed by atoms with van der Waals surface area (Å²) in [6.07, 6.45) is 12.7. The van der Waals surface area contributed by atoms with Gasteiger partial charge in [0, 0.05) is 24.9 Å². The van der Waals surface area contributed by atoms with E-state index in [9.17, 15) is 4.79 Å². The fourth-order valence-electron chi connectivity index (χ4n) is 3.65. The lowest BCUT2D eigenvalue weighted by Gasteiger charge is -2.26. The lowest BCUT2D eigenvalue weighted by atomic mass is 10.1. The second kappa shape index (κ2) is 15.6. The maximum atomic E-state index is 15.2. The number of anilines is 2. The summed E-state index contributed by atoms with van der Waals surface area (Å²) >= 11 is 0. The molecule has 0 saturated heterocycles. The van der Waals surface area contributed by atoms with E-state index in [1.165, 1.54) is 49.5 Å². The molecule has 0 fully saturated rings. The Bertz CT molecular complexity index is 703. The highest BCUT2D eigenvalue weighted by Crippen LogP contribution is 2.26. The summed E-state index contributed by atoms with van der Waals surface area (Å²) < 4.78 is 15.2. The van der Waals surface area contributed by atoms with Gasteiger partial charge < -0.3 is 4.90 Å². The third-order valence-electron chi connectivity index (χ3n) is 5.57. The number of carbonyl (C=O) groups is 1. The van der Waals surface area contributed by atoms with Gasteiger partial charge in [-0.2, -0.15) is 0 Å². The van der Waals surface area contributed by atoms with E-state index in [0.717, 1.165) is 38.0 Å². The van der Waals surface area contributed by atoms with Gasteiger partial charge in [-0.15, -0.1) is 0 Å². The topological polar surface area (TPSA) is 35.9 Å². The minimum Gasteiger partial charge on any atom is -0.369 e. The normalized spacial score (nSPS) is 12.2. The summed E-state index contributed by atoms with van der Waals surface area (Å²) in [6, 6.07) is 5.08. The average Bonchev–Trinajstić information content (AvgIpc) is 2.77. The summed E-state index contributed by atoms with van der Waals surface area (Å²) in [7, 11) is 0. The molecular weight excluding hydrogens is 389 g/mol. The van der Waals surface area contributed by atoms with Gasteiger partial charge in [0.1, 0.15) is 11.7 Å². The van der Waals surface area contributed by atoms with Crippen LogP contribution in [0.1, 0.15) is 92.4 Å². The molecule has 5 heteroatoms. The summed E-state index contributed by atoms with van der Waals surface area (Å²) in [5, 5.41) is 0. The summed E-state index contributed by atoms with van der Waals surface area (Å²) in [4.78, 5) is 19.8. The molecule has 0 aromatic heterocycles. The van der Waals surface area contributed by atoms with Crippen LogP contribution in [0.25, 0.3) is 0 Å². The predicted molar refractivity (Wildman–Crippen MR) is 133 cm³/mol. The van der Waals surface area contributed by atoms with Gasteiger partial charge in [0.15, 0.2) is 0 Å². The molecule has 0 atom stereocenters. The number of benzene rings is 1. The van der Waals surface area contributed by atoms with Crippen molar-refractivity contribution < 1.29 is 9.18 Å². The van der Waals surface area contributed by atoms with Gasteiger partial charge in [-0.05, 0) is 45.2 Å². The molecule has 0 heterocycles. The highest BCUT2D eigenvalue weighted by Gasteiger charge is 2.16. The van der Waals surface area contributed by atoms with E-state index in [0.29, 0.717) is 23.6 Å². The van der Waals surface area contributed by atoms with Crippen LogP contribution in [-0.2, 0) is 4.79 Å². The van der Waals surface area contributed by atoms with Gasteiger partial charge in [0.25, 0.3) is 0 Å². The number of nitrogens with zero attached hydrogens (tertiary/aromatic N) is 3. The number of allylic oxidation sites excluding steroid dienone is 2. The third kappa shape index (κ3) is 9.24. The van der Waals surface area contributed by atoms with Crippen molar-refractivity contribution in [1.82, 2.24) is 0 Å². The van der Waals surface area contributed by atoms with Crippen LogP contribution >= 0.6 is 0 Å². The summed E-state index contributed by atoms with van der Waals surface area (Å²) in [6.45, 7) is 11.8. The van der Waals surface area contributed by atoms with Crippen LogP contribution in [0.4, 0.5) is 15.8 Å². The highest BCUT2D eigenvalue weighted by molar-refractivity contribution is 6.09. The Kier molecular flexibility index (Phi) is 13.5. The first-order chi connectivity index (χ1) is 15.0. The number of hydrogen-bond donors (Lipinski definition) is 0. The Morgan fingerprint density at radius 3 is 2.06 bits per heavy atom. The van der Waals surface area contributed by atoms with Gasteiger partial charge >= 0.3 is 0 Å². The van der Waals surface area contributed by atoms with E-state index in [1.807, 2.05) is 32.1 Å². The SMILES string of the molecule is C/C=C(/CC)N=C(C)N(C=O)c1ccc(N(CCCCCC)CCCCCC)c(F)c1. The molecule has 0 aliphatic rings. The van der Waals surface area contributed by atoms with Crippen molar-refractivity contribution in [3.05, 3.63) is 35.8 Å². The standard InChI is InChI=1S/C26H42FN3O/c1-6-10-12-14-18-29(19-15-13-11-7-2)26-17-16-24(20-25(26)27)30(21-31)22(5)28-23(8-3)9-4/h8,16-17,20-21H,6-7,9-15,18-19H2,1-5H3/b23-8-,28-22?. The van der Waals surface area contributed by atoms with Gasteiger partial charge in [-0.1, -0.05) is 65.4 Å². The van der Waals surface area contributed by atoms with Crippen molar-refractivity contribution in [2.75, 3.05) is 22.9 Å². The largest absolute Gasteiger partial charge is 0.369 e. The van der Waals surface area contributed by atoms with Gasteiger partial charge in [0.05, 0.1) is 11.4 Å². The molecule has 31 heavy (non-hydrogen) atoms. The van der Waals surface area contributed by atoms with E-state index in [4.69, 9.17) is 0 Å². The highest BCUT2D eigenvalue weighted by atomic mass is 19.1. The van der Waals surface area contributed by atoms with Crippen LogP contribution in [0.5, 0.6) is 0 Å².